The van der Waals surface area contributed by atoms with Gasteiger partial charge in [0.25, 0.3) is 0 Å². The normalized spacial score (nSPS) is 10.4. The van der Waals surface area contributed by atoms with Crippen LogP contribution in [0.4, 0.5) is 5.82 Å². The summed E-state index contributed by atoms with van der Waals surface area (Å²) in [7, 11) is 2.00. The van der Waals surface area contributed by atoms with E-state index in [1.54, 1.807) is 17.5 Å². The number of rotatable bonds is 4. The van der Waals surface area contributed by atoms with Crippen LogP contribution in [0.5, 0.6) is 0 Å². The molecule has 2 N–H and O–H groups in total. The maximum atomic E-state index is 5.67. The molecule has 2 aromatic heterocycles. The first kappa shape index (κ1) is 11.0. The van der Waals surface area contributed by atoms with Gasteiger partial charge in [-0.15, -0.1) is 5.10 Å². The van der Waals surface area contributed by atoms with Crippen molar-refractivity contribution in [3.05, 3.63) is 40.2 Å². The summed E-state index contributed by atoms with van der Waals surface area (Å²) < 4.78 is 0. The summed E-state index contributed by atoms with van der Waals surface area (Å²) in [6, 6.07) is 4.02. The van der Waals surface area contributed by atoms with Gasteiger partial charge in [0.1, 0.15) is 0 Å². The summed E-state index contributed by atoms with van der Waals surface area (Å²) in [5.74, 6) is 0.858. The van der Waals surface area contributed by atoms with Gasteiger partial charge >= 0.3 is 0 Å². The zero-order valence-corrected chi connectivity index (χ0v) is 9.94. The molecule has 0 bridgehead atoms. The molecular formula is C11H14N4S. The highest BCUT2D eigenvalue weighted by molar-refractivity contribution is 7.07. The van der Waals surface area contributed by atoms with E-state index in [0.717, 1.165) is 17.9 Å². The summed E-state index contributed by atoms with van der Waals surface area (Å²) in [4.78, 5) is 2.07. The van der Waals surface area contributed by atoms with Gasteiger partial charge in [0.05, 0.1) is 6.20 Å². The fraction of sp³-hybridized carbons (Fsp3) is 0.273. The third kappa shape index (κ3) is 2.37. The van der Waals surface area contributed by atoms with E-state index in [1.807, 2.05) is 13.1 Å². The predicted molar refractivity (Wildman–Crippen MR) is 66.3 cm³/mol. The molecule has 0 saturated heterocycles. The molecule has 0 atom stereocenters. The Morgan fingerprint density at radius 3 is 3.00 bits per heavy atom. The topological polar surface area (TPSA) is 55.0 Å². The number of hydrogen-bond acceptors (Lipinski definition) is 5. The van der Waals surface area contributed by atoms with E-state index in [2.05, 4.69) is 31.9 Å². The van der Waals surface area contributed by atoms with Crippen LogP contribution in [-0.4, -0.2) is 17.2 Å². The quantitative estimate of drug-likeness (QED) is 0.873. The molecule has 0 aliphatic rings. The van der Waals surface area contributed by atoms with Crippen molar-refractivity contribution in [3.63, 3.8) is 0 Å². The number of nitrogens with zero attached hydrogens (tertiary/aromatic N) is 3. The van der Waals surface area contributed by atoms with Gasteiger partial charge in [-0.25, -0.2) is 0 Å². The van der Waals surface area contributed by atoms with Crippen LogP contribution in [0.2, 0.25) is 0 Å². The second kappa shape index (κ2) is 5.05. The van der Waals surface area contributed by atoms with E-state index in [9.17, 15) is 0 Å². The van der Waals surface area contributed by atoms with Crippen molar-refractivity contribution in [1.82, 2.24) is 10.2 Å². The number of anilines is 1. The van der Waals surface area contributed by atoms with Crippen LogP contribution in [0.1, 0.15) is 11.1 Å². The monoisotopic (exact) mass is 234 g/mol. The van der Waals surface area contributed by atoms with Crippen molar-refractivity contribution in [2.75, 3.05) is 11.9 Å². The Morgan fingerprint density at radius 1 is 1.44 bits per heavy atom. The molecule has 0 aliphatic heterocycles. The van der Waals surface area contributed by atoms with Crippen molar-refractivity contribution in [2.45, 2.75) is 13.1 Å². The molecule has 0 amide bonds. The largest absolute Gasteiger partial charge is 0.354 e. The predicted octanol–water partition coefficient (Wildman–Crippen LogP) is 1.63. The summed E-state index contributed by atoms with van der Waals surface area (Å²) in [6.07, 6.45) is 1.67. The SMILES string of the molecule is CN(Cc1ccsc1)c1nnccc1CN. The minimum atomic E-state index is 0.485. The van der Waals surface area contributed by atoms with E-state index in [1.165, 1.54) is 5.56 Å². The average Bonchev–Trinajstić information content (AvgIpc) is 2.81. The third-order valence-corrected chi connectivity index (χ3v) is 3.10. The highest BCUT2D eigenvalue weighted by Gasteiger charge is 2.08. The number of aromatic nitrogens is 2. The van der Waals surface area contributed by atoms with Gasteiger partial charge in [0, 0.05) is 25.7 Å². The lowest BCUT2D eigenvalue weighted by atomic mass is 10.2. The van der Waals surface area contributed by atoms with Gasteiger partial charge in [-0.2, -0.15) is 16.4 Å². The van der Waals surface area contributed by atoms with Crippen LogP contribution in [0, 0.1) is 0 Å². The van der Waals surface area contributed by atoms with E-state index in [-0.39, 0.29) is 0 Å². The summed E-state index contributed by atoms with van der Waals surface area (Å²) >= 11 is 1.70. The first-order valence-corrected chi connectivity index (χ1v) is 5.98. The van der Waals surface area contributed by atoms with Crippen LogP contribution >= 0.6 is 11.3 Å². The minimum Gasteiger partial charge on any atom is -0.354 e. The van der Waals surface area contributed by atoms with Gasteiger partial charge in [-0.3, -0.25) is 0 Å². The zero-order valence-electron chi connectivity index (χ0n) is 9.13. The van der Waals surface area contributed by atoms with E-state index >= 15 is 0 Å². The smallest absolute Gasteiger partial charge is 0.155 e. The second-order valence-electron chi connectivity index (χ2n) is 3.57. The van der Waals surface area contributed by atoms with Crippen LogP contribution in [0.3, 0.4) is 0 Å². The molecule has 2 heterocycles. The first-order chi connectivity index (χ1) is 7.81. The summed E-state index contributed by atoms with van der Waals surface area (Å²) in [5.41, 5.74) is 7.97. The molecular weight excluding hydrogens is 220 g/mol. The molecule has 2 rings (SSSR count). The van der Waals surface area contributed by atoms with Crippen molar-refractivity contribution >= 4 is 17.2 Å². The van der Waals surface area contributed by atoms with E-state index < -0.39 is 0 Å². The molecule has 4 nitrogen and oxygen atoms in total. The Morgan fingerprint density at radius 2 is 2.31 bits per heavy atom. The molecule has 84 valence electrons. The number of nitrogens with two attached hydrogens (primary N) is 1. The summed E-state index contributed by atoms with van der Waals surface area (Å²) in [6.45, 7) is 1.31. The van der Waals surface area contributed by atoms with Crippen molar-refractivity contribution in [3.8, 4) is 0 Å². The van der Waals surface area contributed by atoms with Crippen LogP contribution in [-0.2, 0) is 13.1 Å². The standard InChI is InChI=1S/C11H14N4S/c1-15(7-9-3-5-16-8-9)11-10(6-12)2-4-13-14-11/h2-5,8H,6-7,12H2,1H3. The maximum absolute atomic E-state index is 5.67. The van der Waals surface area contributed by atoms with E-state index in [4.69, 9.17) is 5.73 Å². The molecule has 0 radical (unpaired) electrons. The molecule has 5 heteroatoms. The minimum absolute atomic E-state index is 0.485. The van der Waals surface area contributed by atoms with Crippen LogP contribution < -0.4 is 10.6 Å². The zero-order chi connectivity index (χ0) is 11.4. The molecule has 0 unspecified atom stereocenters. The molecule has 16 heavy (non-hydrogen) atoms. The Bertz CT molecular complexity index is 441. The Hall–Kier alpha value is -1.46. The van der Waals surface area contributed by atoms with Crippen LogP contribution in [0.25, 0.3) is 0 Å². The van der Waals surface area contributed by atoms with Crippen molar-refractivity contribution in [2.24, 2.45) is 5.73 Å². The lowest BCUT2D eigenvalue weighted by Crippen LogP contribution is -2.20. The Balaban J connectivity index is 2.17. The molecule has 0 aliphatic carbocycles. The molecule has 0 saturated carbocycles. The summed E-state index contributed by atoms with van der Waals surface area (Å²) in [5, 5.41) is 12.2. The van der Waals surface area contributed by atoms with E-state index in [0.29, 0.717) is 6.54 Å². The number of thiophene rings is 1. The number of hydrogen-bond donors (Lipinski definition) is 1. The lowest BCUT2D eigenvalue weighted by Gasteiger charge is -2.19. The van der Waals surface area contributed by atoms with Gasteiger partial charge < -0.3 is 10.6 Å². The Labute approximate surface area is 98.7 Å². The van der Waals surface area contributed by atoms with Gasteiger partial charge in [0.2, 0.25) is 0 Å². The van der Waals surface area contributed by atoms with Crippen molar-refractivity contribution < 1.29 is 0 Å². The third-order valence-electron chi connectivity index (χ3n) is 2.36. The van der Waals surface area contributed by atoms with Gasteiger partial charge in [0.15, 0.2) is 5.82 Å². The highest BCUT2D eigenvalue weighted by Crippen LogP contribution is 2.17. The lowest BCUT2D eigenvalue weighted by molar-refractivity contribution is 0.845. The Kier molecular flexibility index (Phi) is 3.48. The van der Waals surface area contributed by atoms with Gasteiger partial charge in [-0.05, 0) is 28.5 Å². The van der Waals surface area contributed by atoms with Crippen LogP contribution in [0.15, 0.2) is 29.1 Å². The molecule has 2 aromatic rings. The fourth-order valence-electron chi connectivity index (χ4n) is 1.56. The highest BCUT2D eigenvalue weighted by atomic mass is 32.1. The molecule has 0 fully saturated rings. The first-order valence-electron chi connectivity index (χ1n) is 5.04. The molecule has 0 aromatic carbocycles. The van der Waals surface area contributed by atoms with Gasteiger partial charge in [-0.1, -0.05) is 0 Å². The molecule has 0 spiro atoms. The fourth-order valence-corrected chi connectivity index (χ4v) is 2.22. The second-order valence-corrected chi connectivity index (χ2v) is 4.35. The average molecular weight is 234 g/mol. The maximum Gasteiger partial charge on any atom is 0.155 e. The van der Waals surface area contributed by atoms with Crippen molar-refractivity contribution in [1.29, 1.82) is 0 Å².